The number of benzene rings is 1. The molecule has 0 aromatic heterocycles. The van der Waals surface area contributed by atoms with E-state index in [1.807, 2.05) is 6.07 Å². The predicted molar refractivity (Wildman–Crippen MR) is 70.6 cm³/mol. The van der Waals surface area contributed by atoms with E-state index in [0.29, 0.717) is 5.56 Å². The van der Waals surface area contributed by atoms with Crippen LogP contribution in [0.3, 0.4) is 0 Å². The molecular weight excluding hydrogens is 264 g/mol. The van der Waals surface area contributed by atoms with Gasteiger partial charge in [-0.3, -0.25) is 4.79 Å². The topological polar surface area (TPSA) is 101 Å². The number of carbonyl (C=O) groups excluding carboxylic acids is 1. The molecule has 0 fully saturated rings. The number of hydrogen-bond donors (Lipinski definition) is 1. The first kappa shape index (κ1) is 16.8. The second kappa shape index (κ2) is 7.97. The number of rotatable bonds is 3. The molecule has 5 nitrogen and oxygen atoms in total. The fourth-order valence-electron chi connectivity index (χ4n) is 1.03. The maximum absolute atomic E-state index is 10.4. The van der Waals surface area contributed by atoms with Gasteiger partial charge < -0.3 is 0 Å². The Kier molecular flexibility index (Phi) is 7.03. The fraction of sp³-hybridized carbons (Fsp3) is 0.308. The molecule has 1 N–H and O–H groups in total. The van der Waals surface area contributed by atoms with E-state index in [4.69, 9.17) is 27.7 Å². The van der Waals surface area contributed by atoms with Gasteiger partial charge in [-0.25, -0.2) is 5.53 Å². The number of halogens is 1. The molecule has 0 aliphatic heterocycles. The van der Waals surface area contributed by atoms with Crippen LogP contribution in [0.1, 0.15) is 24.2 Å². The van der Waals surface area contributed by atoms with Crippen molar-refractivity contribution in [2.24, 2.45) is 11.0 Å². The van der Waals surface area contributed by atoms with E-state index in [9.17, 15) is 4.79 Å². The van der Waals surface area contributed by atoms with E-state index < -0.39 is 10.8 Å². The lowest BCUT2D eigenvalue weighted by atomic mass is 9.91. The van der Waals surface area contributed by atoms with Crippen molar-refractivity contribution in [2.45, 2.75) is 19.4 Å². The van der Waals surface area contributed by atoms with Crippen LogP contribution in [0.4, 0.5) is 0 Å². The predicted octanol–water partition coefficient (Wildman–Crippen LogP) is 3.52. The molecule has 0 amide bonds. The van der Waals surface area contributed by atoms with Crippen molar-refractivity contribution in [1.29, 1.82) is 16.1 Å². The summed E-state index contributed by atoms with van der Waals surface area (Å²) in [5.41, 5.74) is 5.69. The Morgan fingerprint density at radius 3 is 1.95 bits per heavy atom. The van der Waals surface area contributed by atoms with E-state index in [1.165, 1.54) is 0 Å². The van der Waals surface area contributed by atoms with Crippen LogP contribution in [0.2, 0.25) is 0 Å². The van der Waals surface area contributed by atoms with Crippen molar-refractivity contribution >= 4 is 16.8 Å². The first-order chi connectivity index (χ1) is 8.93. The Bertz CT molecular complexity index is 500. The largest absolute Gasteiger partial charge is 0.276 e. The van der Waals surface area contributed by atoms with Crippen LogP contribution in [-0.2, 0) is 0 Å². The molecule has 0 radical (unpaired) electrons. The first-order valence-corrected chi connectivity index (χ1v) is 5.77. The quantitative estimate of drug-likeness (QED) is 0.675. The lowest BCUT2D eigenvalue weighted by Crippen LogP contribution is -2.28. The number of nitrogens with one attached hydrogen (secondary N) is 1. The van der Waals surface area contributed by atoms with E-state index >= 15 is 0 Å². The second-order valence-electron chi connectivity index (χ2n) is 3.90. The van der Waals surface area contributed by atoms with Crippen molar-refractivity contribution in [3.8, 4) is 12.1 Å². The molecule has 0 aliphatic rings. The van der Waals surface area contributed by atoms with E-state index in [2.05, 4.69) is 5.11 Å². The van der Waals surface area contributed by atoms with Crippen molar-refractivity contribution in [2.75, 3.05) is 0 Å². The Labute approximate surface area is 116 Å². The molecular formula is C13H13ClN4O. The molecule has 1 rings (SSSR count). The fourth-order valence-corrected chi connectivity index (χ4v) is 1.16. The van der Waals surface area contributed by atoms with E-state index in [0.717, 1.165) is 0 Å². The van der Waals surface area contributed by atoms with E-state index in [1.54, 1.807) is 50.3 Å². The normalized spacial score (nSPS) is 9.58. The van der Waals surface area contributed by atoms with Gasteiger partial charge in [0.05, 0.1) is 0 Å². The highest BCUT2D eigenvalue weighted by Crippen LogP contribution is 2.19. The Balaban J connectivity index is 0.000000342. The van der Waals surface area contributed by atoms with Crippen molar-refractivity contribution in [3.63, 3.8) is 0 Å². The summed E-state index contributed by atoms with van der Waals surface area (Å²) in [6, 6.07) is 12.1. The van der Waals surface area contributed by atoms with Crippen LogP contribution < -0.4 is 0 Å². The van der Waals surface area contributed by atoms with E-state index in [-0.39, 0.29) is 5.92 Å². The zero-order valence-electron chi connectivity index (χ0n) is 10.6. The molecule has 0 atom stereocenters. The molecule has 6 heteroatoms. The Morgan fingerprint density at radius 2 is 1.79 bits per heavy atom. The highest BCUT2D eigenvalue weighted by Gasteiger charge is 2.33. The minimum absolute atomic E-state index is 0.236. The smallest absolute Gasteiger partial charge is 0.253 e. The summed E-state index contributed by atoms with van der Waals surface area (Å²) >= 11 is 5.16. The standard InChI is InChI=1S/C7H5ClO.C6H8N4/c8-7(9)6-4-2-1-3-5-6;1-5(2)6(3-7,4-8)10-9/h1-5H;5,9H,1-2H3. The number of nitrogens with zero attached hydrogens (tertiary/aromatic N) is 3. The minimum atomic E-state index is -1.47. The van der Waals surface area contributed by atoms with Crippen molar-refractivity contribution in [3.05, 3.63) is 35.9 Å². The number of hydrogen-bond acceptors (Lipinski definition) is 5. The third kappa shape index (κ3) is 4.87. The second-order valence-corrected chi connectivity index (χ2v) is 4.24. The summed E-state index contributed by atoms with van der Waals surface area (Å²) in [5.74, 6) is -0.236. The molecule has 0 saturated carbocycles. The van der Waals surface area contributed by atoms with Gasteiger partial charge in [-0.2, -0.15) is 15.6 Å². The third-order valence-corrected chi connectivity index (χ3v) is 2.57. The molecule has 0 aliphatic carbocycles. The monoisotopic (exact) mass is 276 g/mol. The highest BCUT2D eigenvalue weighted by molar-refractivity contribution is 6.67. The molecule has 0 heterocycles. The van der Waals surface area contributed by atoms with Gasteiger partial charge in [0.25, 0.3) is 10.8 Å². The van der Waals surface area contributed by atoms with Gasteiger partial charge in [-0.1, -0.05) is 44.2 Å². The van der Waals surface area contributed by atoms with Crippen LogP contribution in [0.25, 0.3) is 0 Å². The molecule has 1 aromatic rings. The van der Waals surface area contributed by atoms with Crippen LogP contribution in [-0.4, -0.2) is 10.8 Å². The maximum atomic E-state index is 10.4. The van der Waals surface area contributed by atoms with Gasteiger partial charge >= 0.3 is 0 Å². The van der Waals surface area contributed by atoms with Gasteiger partial charge in [0.15, 0.2) is 0 Å². The zero-order chi connectivity index (χ0) is 14.9. The lowest BCUT2D eigenvalue weighted by molar-refractivity contribution is 0.108. The van der Waals surface area contributed by atoms with Gasteiger partial charge in [0.2, 0.25) is 0 Å². The zero-order valence-corrected chi connectivity index (χ0v) is 11.3. The average Bonchev–Trinajstić information content (AvgIpc) is 2.43. The summed E-state index contributed by atoms with van der Waals surface area (Å²) < 4.78 is 0. The Morgan fingerprint density at radius 1 is 1.32 bits per heavy atom. The van der Waals surface area contributed by atoms with Gasteiger partial charge in [-0.05, 0) is 11.6 Å². The molecule has 1 aromatic carbocycles. The molecule has 0 unspecified atom stereocenters. The first-order valence-electron chi connectivity index (χ1n) is 5.39. The highest BCUT2D eigenvalue weighted by atomic mass is 35.5. The number of nitriles is 2. The molecule has 19 heavy (non-hydrogen) atoms. The maximum Gasteiger partial charge on any atom is 0.253 e. The molecule has 0 bridgehead atoms. The summed E-state index contributed by atoms with van der Waals surface area (Å²) in [6.07, 6.45) is 0. The summed E-state index contributed by atoms with van der Waals surface area (Å²) in [7, 11) is 0. The molecule has 0 spiro atoms. The van der Waals surface area contributed by atoms with Crippen LogP contribution in [0, 0.1) is 34.1 Å². The summed E-state index contributed by atoms with van der Waals surface area (Å²) in [6.45, 7) is 3.37. The van der Waals surface area contributed by atoms with Crippen LogP contribution in [0.15, 0.2) is 35.4 Å². The summed E-state index contributed by atoms with van der Waals surface area (Å²) in [5, 5.41) is 19.5. The average molecular weight is 277 g/mol. The SMILES string of the molecule is CC(C)C(C#N)(C#N)N=N.O=C(Cl)c1ccccc1. The molecule has 0 saturated heterocycles. The van der Waals surface area contributed by atoms with Crippen molar-refractivity contribution < 1.29 is 4.79 Å². The van der Waals surface area contributed by atoms with Gasteiger partial charge in [0.1, 0.15) is 12.1 Å². The summed E-state index contributed by atoms with van der Waals surface area (Å²) in [4.78, 5) is 10.4. The van der Waals surface area contributed by atoms with Crippen molar-refractivity contribution in [1.82, 2.24) is 0 Å². The Hall–Kier alpha value is -2.24. The third-order valence-electron chi connectivity index (χ3n) is 2.35. The van der Waals surface area contributed by atoms with Gasteiger partial charge in [-0.15, -0.1) is 0 Å². The minimum Gasteiger partial charge on any atom is -0.276 e. The van der Waals surface area contributed by atoms with Gasteiger partial charge in [0, 0.05) is 11.5 Å². The van der Waals surface area contributed by atoms with Crippen LogP contribution >= 0.6 is 11.6 Å². The molecule has 98 valence electrons. The lowest BCUT2D eigenvalue weighted by Gasteiger charge is -2.14. The number of carbonyl (C=O) groups is 1. The van der Waals surface area contributed by atoms with Crippen LogP contribution in [0.5, 0.6) is 0 Å².